The third-order valence-electron chi connectivity index (χ3n) is 4.47. The zero-order chi connectivity index (χ0) is 15.6. The SMILES string of the molecule is O=C(c1cc(-c2ccccc2)n[nH]1)N1CCS[C@@H]2COCC[C@H]21. The lowest BCUT2D eigenvalue weighted by Gasteiger charge is -2.43. The lowest BCUT2D eigenvalue weighted by atomic mass is 10.1. The van der Waals surface area contributed by atoms with Crippen LogP contribution in [0, 0.1) is 0 Å². The first-order valence-corrected chi connectivity index (χ1v) is 8.99. The van der Waals surface area contributed by atoms with E-state index in [2.05, 4.69) is 10.2 Å². The number of fused-ring (bicyclic) bond motifs is 1. The number of hydrogen-bond donors (Lipinski definition) is 1. The highest BCUT2D eigenvalue weighted by Crippen LogP contribution is 2.31. The summed E-state index contributed by atoms with van der Waals surface area (Å²) in [5.41, 5.74) is 2.39. The van der Waals surface area contributed by atoms with Crippen LogP contribution >= 0.6 is 11.8 Å². The summed E-state index contributed by atoms with van der Waals surface area (Å²) in [4.78, 5) is 14.9. The fourth-order valence-corrected chi connectivity index (χ4v) is 4.58. The minimum absolute atomic E-state index is 0.0527. The lowest BCUT2D eigenvalue weighted by Crippen LogP contribution is -2.54. The predicted molar refractivity (Wildman–Crippen MR) is 90.5 cm³/mol. The highest BCUT2D eigenvalue weighted by atomic mass is 32.2. The van der Waals surface area contributed by atoms with E-state index in [1.165, 1.54) is 0 Å². The van der Waals surface area contributed by atoms with Gasteiger partial charge in [-0.05, 0) is 12.5 Å². The number of amides is 1. The second kappa shape index (κ2) is 6.37. The van der Waals surface area contributed by atoms with Gasteiger partial charge in [0.05, 0.1) is 12.3 Å². The Hall–Kier alpha value is -1.79. The molecule has 5 nitrogen and oxygen atoms in total. The molecule has 0 bridgehead atoms. The number of aromatic amines is 1. The number of nitrogens with one attached hydrogen (secondary N) is 1. The van der Waals surface area contributed by atoms with Crippen molar-refractivity contribution in [2.45, 2.75) is 17.7 Å². The predicted octanol–water partition coefficient (Wildman–Crippen LogP) is 2.42. The first-order chi connectivity index (χ1) is 11.3. The van der Waals surface area contributed by atoms with E-state index in [1.54, 1.807) is 0 Å². The molecule has 120 valence electrons. The summed E-state index contributed by atoms with van der Waals surface area (Å²) in [6.07, 6.45) is 0.920. The Kier molecular flexibility index (Phi) is 4.10. The average Bonchev–Trinajstić information content (AvgIpc) is 3.11. The Morgan fingerprint density at radius 2 is 2.22 bits per heavy atom. The van der Waals surface area contributed by atoms with Crippen molar-refractivity contribution in [2.75, 3.05) is 25.5 Å². The highest BCUT2D eigenvalue weighted by Gasteiger charge is 2.37. The number of benzene rings is 1. The monoisotopic (exact) mass is 329 g/mol. The van der Waals surface area contributed by atoms with E-state index >= 15 is 0 Å². The fourth-order valence-electron chi connectivity index (χ4n) is 3.28. The molecule has 0 saturated carbocycles. The molecule has 4 rings (SSSR count). The molecule has 2 aromatic rings. The molecule has 1 N–H and O–H groups in total. The van der Waals surface area contributed by atoms with Crippen molar-refractivity contribution < 1.29 is 9.53 Å². The number of nitrogens with zero attached hydrogens (tertiary/aromatic N) is 2. The maximum atomic E-state index is 12.9. The molecule has 0 radical (unpaired) electrons. The van der Waals surface area contributed by atoms with Crippen LogP contribution in [0.25, 0.3) is 11.3 Å². The Morgan fingerprint density at radius 3 is 3.09 bits per heavy atom. The van der Waals surface area contributed by atoms with Crippen molar-refractivity contribution in [2.24, 2.45) is 0 Å². The Bertz CT molecular complexity index is 686. The number of thioether (sulfide) groups is 1. The van der Waals surface area contributed by atoms with E-state index in [4.69, 9.17) is 4.74 Å². The summed E-state index contributed by atoms with van der Waals surface area (Å²) < 4.78 is 5.56. The van der Waals surface area contributed by atoms with Crippen LogP contribution < -0.4 is 0 Å². The summed E-state index contributed by atoms with van der Waals surface area (Å²) in [6.45, 7) is 2.28. The Labute approximate surface area is 139 Å². The number of rotatable bonds is 2. The molecule has 23 heavy (non-hydrogen) atoms. The third-order valence-corrected chi connectivity index (χ3v) is 5.77. The van der Waals surface area contributed by atoms with Crippen molar-refractivity contribution in [3.05, 3.63) is 42.1 Å². The molecule has 1 amide bonds. The topological polar surface area (TPSA) is 58.2 Å². The van der Waals surface area contributed by atoms with E-state index in [1.807, 2.05) is 53.1 Å². The van der Waals surface area contributed by atoms with Gasteiger partial charge in [-0.15, -0.1) is 0 Å². The van der Waals surface area contributed by atoms with Gasteiger partial charge < -0.3 is 9.64 Å². The molecule has 6 heteroatoms. The van der Waals surface area contributed by atoms with E-state index in [0.717, 1.165) is 43.2 Å². The lowest BCUT2D eigenvalue weighted by molar-refractivity contribution is 0.0315. The Morgan fingerprint density at radius 1 is 1.35 bits per heavy atom. The van der Waals surface area contributed by atoms with E-state index in [0.29, 0.717) is 10.9 Å². The number of aromatic nitrogens is 2. The maximum Gasteiger partial charge on any atom is 0.272 e. The van der Waals surface area contributed by atoms with Gasteiger partial charge in [0.1, 0.15) is 5.69 Å². The van der Waals surface area contributed by atoms with Gasteiger partial charge in [0.25, 0.3) is 5.91 Å². The zero-order valence-corrected chi connectivity index (χ0v) is 13.6. The molecule has 2 fully saturated rings. The summed E-state index contributed by atoms with van der Waals surface area (Å²) in [5.74, 6) is 1.02. The molecule has 2 saturated heterocycles. The minimum atomic E-state index is 0.0527. The first kappa shape index (κ1) is 14.8. The molecule has 1 aromatic heterocycles. The van der Waals surface area contributed by atoms with Gasteiger partial charge in [0, 0.05) is 35.8 Å². The smallest absolute Gasteiger partial charge is 0.272 e. The molecule has 2 atom stereocenters. The fraction of sp³-hybridized carbons (Fsp3) is 0.412. The molecule has 2 aliphatic heterocycles. The van der Waals surface area contributed by atoms with Gasteiger partial charge in [-0.3, -0.25) is 9.89 Å². The summed E-state index contributed by atoms with van der Waals surface area (Å²) in [7, 11) is 0. The van der Waals surface area contributed by atoms with Crippen LogP contribution in [0.4, 0.5) is 0 Å². The van der Waals surface area contributed by atoms with Crippen LogP contribution in [-0.4, -0.2) is 57.8 Å². The molecule has 0 aliphatic carbocycles. The highest BCUT2D eigenvalue weighted by molar-refractivity contribution is 8.00. The molecule has 2 aliphatic rings. The van der Waals surface area contributed by atoms with Crippen LogP contribution in [0.2, 0.25) is 0 Å². The van der Waals surface area contributed by atoms with Crippen molar-refractivity contribution in [3.63, 3.8) is 0 Å². The van der Waals surface area contributed by atoms with E-state index in [-0.39, 0.29) is 11.9 Å². The molecule has 0 unspecified atom stereocenters. The number of hydrogen-bond acceptors (Lipinski definition) is 4. The van der Waals surface area contributed by atoms with Crippen molar-refractivity contribution in [1.82, 2.24) is 15.1 Å². The Balaban J connectivity index is 1.56. The van der Waals surface area contributed by atoms with Crippen LogP contribution in [-0.2, 0) is 4.74 Å². The normalized spacial score (nSPS) is 24.3. The van der Waals surface area contributed by atoms with Gasteiger partial charge >= 0.3 is 0 Å². The molecule has 3 heterocycles. The molecule has 0 spiro atoms. The quantitative estimate of drug-likeness (QED) is 0.919. The summed E-state index contributed by atoms with van der Waals surface area (Å²) >= 11 is 1.92. The molecular formula is C17H19N3O2S. The van der Waals surface area contributed by atoms with Gasteiger partial charge in [0.2, 0.25) is 0 Å². The van der Waals surface area contributed by atoms with Crippen LogP contribution in [0.15, 0.2) is 36.4 Å². The van der Waals surface area contributed by atoms with E-state index < -0.39 is 0 Å². The van der Waals surface area contributed by atoms with Gasteiger partial charge in [-0.2, -0.15) is 16.9 Å². The molecular weight excluding hydrogens is 310 g/mol. The van der Waals surface area contributed by atoms with Gasteiger partial charge in [0.15, 0.2) is 0 Å². The molecule has 1 aromatic carbocycles. The minimum Gasteiger partial charge on any atom is -0.380 e. The summed E-state index contributed by atoms with van der Waals surface area (Å²) in [5, 5.41) is 7.62. The number of carbonyl (C=O) groups is 1. The van der Waals surface area contributed by atoms with Crippen molar-refractivity contribution >= 4 is 17.7 Å². The van der Waals surface area contributed by atoms with Crippen molar-refractivity contribution in [1.29, 1.82) is 0 Å². The number of H-pyrrole nitrogens is 1. The van der Waals surface area contributed by atoms with Crippen LogP contribution in [0.3, 0.4) is 0 Å². The number of carbonyl (C=O) groups excluding carboxylic acids is 1. The van der Waals surface area contributed by atoms with Gasteiger partial charge in [-0.1, -0.05) is 30.3 Å². The van der Waals surface area contributed by atoms with Crippen LogP contribution in [0.1, 0.15) is 16.9 Å². The standard InChI is InChI=1S/C17H19N3O2S/c21-17(20-7-9-23-16-11-22-8-6-15(16)20)14-10-13(18-19-14)12-4-2-1-3-5-12/h1-5,10,15-16H,6-9,11H2,(H,18,19)/t15-,16-/m1/s1. The maximum absolute atomic E-state index is 12.9. The zero-order valence-electron chi connectivity index (χ0n) is 12.8. The third kappa shape index (κ3) is 2.88. The van der Waals surface area contributed by atoms with Crippen molar-refractivity contribution in [3.8, 4) is 11.3 Å². The largest absolute Gasteiger partial charge is 0.380 e. The average molecular weight is 329 g/mol. The van der Waals surface area contributed by atoms with Crippen LogP contribution in [0.5, 0.6) is 0 Å². The van der Waals surface area contributed by atoms with Gasteiger partial charge in [-0.25, -0.2) is 0 Å². The second-order valence-corrected chi connectivity index (χ2v) is 7.22. The summed E-state index contributed by atoms with van der Waals surface area (Å²) in [6, 6.07) is 12.0. The van der Waals surface area contributed by atoms with E-state index in [9.17, 15) is 4.79 Å². The first-order valence-electron chi connectivity index (χ1n) is 7.94. The second-order valence-electron chi connectivity index (χ2n) is 5.87. The number of ether oxygens (including phenoxy) is 1.